The second-order valence-corrected chi connectivity index (χ2v) is 26.6. The summed E-state index contributed by atoms with van der Waals surface area (Å²) in [5.41, 5.74) is 22.0. The van der Waals surface area contributed by atoms with Crippen LogP contribution in [0.4, 0.5) is 0 Å². The Morgan fingerprint density at radius 2 is 0.377 bits per heavy atom. The van der Waals surface area contributed by atoms with Crippen LogP contribution in [0.15, 0.2) is 376 Å². The van der Waals surface area contributed by atoms with Gasteiger partial charge in [0, 0.05) is 88.0 Å². The summed E-state index contributed by atoms with van der Waals surface area (Å²) < 4.78 is 9.27. The smallest absolute Gasteiger partial charge is 0.238 e. The van der Waals surface area contributed by atoms with Crippen LogP contribution in [0.3, 0.4) is 0 Å². The minimum absolute atomic E-state index is 0.588. The summed E-state index contributed by atoms with van der Waals surface area (Å²) in [6.45, 7) is 0. The molecule has 21 aromatic rings. The van der Waals surface area contributed by atoms with E-state index in [-0.39, 0.29) is 0 Å². The molecule has 10 heteroatoms. The quantitative estimate of drug-likeness (QED) is 0.128. The zero-order valence-electron chi connectivity index (χ0n) is 57.3. The number of benzene rings is 15. The Bertz CT molecular complexity index is 6790. The molecular weight excluding hydrogens is 1290 g/mol. The third-order valence-electron chi connectivity index (χ3n) is 20.4. The first-order valence-corrected chi connectivity index (χ1v) is 35.7. The molecule has 0 fully saturated rings. The summed E-state index contributed by atoms with van der Waals surface area (Å²) in [5, 5.41) is 9.71. The fourth-order valence-electron chi connectivity index (χ4n) is 15.4. The summed E-state index contributed by atoms with van der Waals surface area (Å²) in [6.07, 6.45) is 0. The molecular formula is C96H62N10. The van der Waals surface area contributed by atoms with Gasteiger partial charge in [-0.3, -0.25) is 4.57 Å². The molecule has 0 aliphatic carbocycles. The van der Waals surface area contributed by atoms with E-state index in [1.807, 2.05) is 121 Å². The van der Waals surface area contributed by atoms with Crippen molar-refractivity contribution in [1.29, 1.82) is 0 Å². The fraction of sp³-hybridized carbons (Fsp3) is 0. The molecule has 0 N–H and O–H groups in total. The van der Waals surface area contributed by atoms with Crippen LogP contribution in [0.1, 0.15) is 0 Å². The summed E-state index contributed by atoms with van der Waals surface area (Å²) in [6, 6.07) is 132. The zero-order chi connectivity index (χ0) is 70.0. The minimum Gasteiger partial charge on any atom is -0.309 e. The second-order valence-electron chi connectivity index (χ2n) is 26.6. The van der Waals surface area contributed by atoms with Crippen LogP contribution >= 0.6 is 0 Å². The van der Waals surface area contributed by atoms with Gasteiger partial charge in [-0.05, 0) is 131 Å². The fourth-order valence-corrected chi connectivity index (χ4v) is 15.4. The van der Waals surface area contributed by atoms with Gasteiger partial charge in [0.1, 0.15) is 0 Å². The lowest BCUT2D eigenvalue weighted by Crippen LogP contribution is -2.06. The predicted molar refractivity (Wildman–Crippen MR) is 435 cm³/mol. The van der Waals surface area contributed by atoms with E-state index in [4.69, 9.17) is 29.9 Å². The molecule has 0 spiro atoms. The first kappa shape index (κ1) is 61.4. The molecule has 21 rings (SSSR count). The molecule has 0 radical (unpaired) electrons. The van der Waals surface area contributed by atoms with Gasteiger partial charge < -0.3 is 13.7 Å². The van der Waals surface area contributed by atoms with Gasteiger partial charge in [-0.15, -0.1) is 0 Å². The zero-order valence-corrected chi connectivity index (χ0v) is 57.3. The van der Waals surface area contributed by atoms with Crippen LogP contribution in [-0.2, 0) is 0 Å². The van der Waals surface area contributed by atoms with E-state index in [0.717, 1.165) is 88.8 Å². The molecule has 0 saturated carbocycles. The molecule has 0 unspecified atom stereocenters. The van der Waals surface area contributed by atoms with E-state index in [1.54, 1.807) is 0 Å². The van der Waals surface area contributed by atoms with Crippen molar-refractivity contribution in [2.45, 2.75) is 0 Å². The highest BCUT2D eigenvalue weighted by atomic mass is 15.2. The molecule has 106 heavy (non-hydrogen) atoms. The van der Waals surface area contributed by atoms with Crippen LogP contribution in [0.5, 0.6) is 0 Å². The highest BCUT2D eigenvalue weighted by Gasteiger charge is 2.22. The Labute approximate surface area is 610 Å². The Morgan fingerprint density at radius 1 is 0.142 bits per heavy atom. The van der Waals surface area contributed by atoms with Gasteiger partial charge in [-0.1, -0.05) is 267 Å². The number of para-hydroxylation sites is 6. The number of fused-ring (bicyclic) bond motifs is 12. The van der Waals surface area contributed by atoms with Gasteiger partial charge >= 0.3 is 0 Å². The van der Waals surface area contributed by atoms with Crippen molar-refractivity contribution in [2.24, 2.45) is 0 Å². The number of hydrogen-bond donors (Lipinski definition) is 0. The third-order valence-corrected chi connectivity index (χ3v) is 20.4. The molecule has 496 valence electrons. The topological polar surface area (TPSA) is 97.1 Å². The molecule has 0 amide bonds. The van der Waals surface area contributed by atoms with E-state index in [1.165, 1.54) is 65.5 Å². The molecule has 0 bridgehead atoms. The number of aromatic nitrogens is 10. The Balaban J connectivity index is 0.000000141. The molecule has 0 aliphatic heterocycles. The standard InChI is InChI=1S/C51H33N5.C45H29N5/c1-4-14-34(15-5-1)49-52-50(35-16-6-2-7-17-35)54-51(53-49)36-24-28-40(29-25-36)55-46-23-13-11-21-42(46)44-32-37(27-31-47(44)55)38-26-30-43-41-20-10-12-22-45(41)56(48(43)33-38)39-18-8-3-9-19-39;1-4-14-30(15-5-1)43-46-44(31-16-6-2-7-17-31)48-45(47-43)50-40-23-13-11-21-36(40)38-28-32(25-27-41(38)50)33-24-26-37-35-20-10-12-22-39(35)49(42(37)29-33)34-18-8-3-9-19-34/h1-33H;1-29H. The summed E-state index contributed by atoms with van der Waals surface area (Å²) >= 11 is 0. The van der Waals surface area contributed by atoms with E-state index in [0.29, 0.717) is 35.1 Å². The van der Waals surface area contributed by atoms with E-state index in [2.05, 4.69) is 273 Å². The molecule has 15 aromatic carbocycles. The number of nitrogens with zero attached hydrogens (tertiary/aromatic N) is 10. The first-order chi connectivity index (χ1) is 52.6. The average molecular weight is 1360 g/mol. The molecule has 6 aromatic heterocycles. The van der Waals surface area contributed by atoms with Crippen molar-refractivity contribution >= 4 is 87.2 Å². The van der Waals surface area contributed by atoms with Crippen molar-refractivity contribution in [3.05, 3.63) is 376 Å². The summed E-state index contributed by atoms with van der Waals surface area (Å²) in [5.74, 6) is 3.80. The van der Waals surface area contributed by atoms with Gasteiger partial charge in [-0.25, -0.2) is 19.9 Å². The molecule has 6 heterocycles. The Morgan fingerprint density at radius 3 is 0.755 bits per heavy atom. The van der Waals surface area contributed by atoms with E-state index >= 15 is 0 Å². The van der Waals surface area contributed by atoms with Gasteiger partial charge in [-0.2, -0.15) is 9.97 Å². The molecule has 0 atom stereocenters. The number of rotatable bonds is 11. The van der Waals surface area contributed by atoms with Crippen molar-refractivity contribution in [2.75, 3.05) is 0 Å². The molecule has 0 saturated heterocycles. The van der Waals surface area contributed by atoms with Crippen LogP contribution in [0, 0.1) is 0 Å². The monoisotopic (exact) mass is 1350 g/mol. The Kier molecular flexibility index (Phi) is 15.0. The van der Waals surface area contributed by atoms with Crippen molar-refractivity contribution in [3.8, 4) is 102 Å². The maximum Gasteiger partial charge on any atom is 0.238 e. The van der Waals surface area contributed by atoms with Gasteiger partial charge in [0.2, 0.25) is 5.95 Å². The lowest BCUT2D eigenvalue weighted by Gasteiger charge is -2.11. The lowest BCUT2D eigenvalue weighted by atomic mass is 10.0. The van der Waals surface area contributed by atoms with E-state index in [9.17, 15) is 0 Å². The third kappa shape index (κ3) is 10.7. The van der Waals surface area contributed by atoms with Gasteiger partial charge in [0.15, 0.2) is 29.1 Å². The van der Waals surface area contributed by atoms with Crippen molar-refractivity contribution in [1.82, 2.24) is 48.2 Å². The van der Waals surface area contributed by atoms with Gasteiger partial charge in [0.25, 0.3) is 0 Å². The maximum atomic E-state index is 5.08. The average Bonchev–Trinajstić information content (AvgIpc) is 1.58. The molecule has 10 nitrogen and oxygen atoms in total. The SMILES string of the molecule is c1ccc(-c2nc(-c3ccccc3)nc(-c3ccc(-n4c5ccccc5c5cc(-c6ccc7c8ccccc8n(-c8ccccc8)c7c6)ccc54)cc3)n2)cc1.c1ccc(-c2nc(-c3ccccc3)nc(-n3c4ccccc4c4cc(-c5ccc6c7ccccc7n(-c7ccccc7)c6c5)ccc43)n2)cc1. The van der Waals surface area contributed by atoms with E-state index < -0.39 is 0 Å². The highest BCUT2D eigenvalue weighted by Crippen LogP contribution is 2.42. The summed E-state index contributed by atoms with van der Waals surface area (Å²) in [7, 11) is 0. The van der Waals surface area contributed by atoms with Crippen LogP contribution in [0.25, 0.3) is 189 Å². The maximum absolute atomic E-state index is 5.08. The van der Waals surface area contributed by atoms with Crippen LogP contribution < -0.4 is 0 Å². The van der Waals surface area contributed by atoms with Crippen LogP contribution in [-0.4, -0.2) is 48.2 Å². The largest absolute Gasteiger partial charge is 0.309 e. The predicted octanol–water partition coefficient (Wildman–Crippen LogP) is 23.8. The first-order valence-electron chi connectivity index (χ1n) is 35.7. The molecule has 0 aliphatic rings. The second kappa shape index (κ2) is 25.8. The normalized spacial score (nSPS) is 11.6. The lowest BCUT2D eigenvalue weighted by molar-refractivity contribution is 0.953. The van der Waals surface area contributed by atoms with Crippen molar-refractivity contribution < 1.29 is 0 Å². The minimum atomic E-state index is 0.588. The van der Waals surface area contributed by atoms with Gasteiger partial charge in [0.05, 0.1) is 44.1 Å². The number of hydrogen-bond acceptors (Lipinski definition) is 6. The highest BCUT2D eigenvalue weighted by molar-refractivity contribution is 6.14. The Hall–Kier alpha value is -14.5. The van der Waals surface area contributed by atoms with Crippen molar-refractivity contribution in [3.63, 3.8) is 0 Å². The van der Waals surface area contributed by atoms with Crippen LogP contribution in [0.2, 0.25) is 0 Å². The summed E-state index contributed by atoms with van der Waals surface area (Å²) in [4.78, 5) is 29.9.